The molecule has 1 saturated heterocycles. The quantitative estimate of drug-likeness (QED) is 0.152. The number of nitrogens with zero attached hydrogens (tertiary/aromatic N) is 3. The molecule has 1 fully saturated rings. The SMILES string of the molecule is CCOC(=O)C1=C([C@@H]2CCCN2C(=O)OC(C)(C)C)NC(CCc2ccc(F)cc2)=C(c2noc(=O)[nH]2)C1c1cc2ccnc(Cl)c2s1. The van der Waals surface area contributed by atoms with Crippen molar-refractivity contribution in [1.82, 2.24) is 25.3 Å². The van der Waals surface area contributed by atoms with Crippen molar-refractivity contribution in [1.29, 1.82) is 0 Å². The molecule has 2 aliphatic heterocycles. The highest BCUT2D eigenvalue weighted by Gasteiger charge is 2.44. The van der Waals surface area contributed by atoms with Crippen LogP contribution in [0.15, 0.2) is 68.9 Å². The first kappa shape index (κ1) is 33.4. The highest BCUT2D eigenvalue weighted by molar-refractivity contribution is 7.19. The highest BCUT2D eigenvalue weighted by Crippen LogP contribution is 2.49. The Kier molecular flexibility index (Phi) is 9.44. The Morgan fingerprint density at radius 1 is 1.19 bits per heavy atom. The molecule has 5 heterocycles. The standard InChI is InChI=1S/C34H35ClFN5O6S/c1-5-45-31(42)26-25(23-17-19-14-15-37-29(35)28(19)48-23)24(30-39-32(43)47-40-30)21(13-10-18-8-11-20(36)12-9-18)38-27(26)22-7-6-16-41(22)33(44)46-34(2,3)4/h8-9,11-12,14-15,17,22,25,38H,5-7,10,13,16H2,1-4H3,(H,39,40,43)/t22-,25?/m0/s1. The summed E-state index contributed by atoms with van der Waals surface area (Å²) in [5.74, 6) is -2.40. The van der Waals surface area contributed by atoms with Crippen LogP contribution in [0.4, 0.5) is 9.18 Å². The number of likely N-dealkylation sites (tertiary alicyclic amines) is 1. The lowest BCUT2D eigenvalue weighted by atomic mass is 9.80. The Balaban J connectivity index is 1.58. The maximum absolute atomic E-state index is 14.2. The molecule has 48 heavy (non-hydrogen) atoms. The summed E-state index contributed by atoms with van der Waals surface area (Å²) in [7, 11) is 0. The zero-order valence-electron chi connectivity index (χ0n) is 26.9. The van der Waals surface area contributed by atoms with Gasteiger partial charge in [0.25, 0.3) is 0 Å². The van der Waals surface area contributed by atoms with Crippen LogP contribution in [-0.4, -0.2) is 56.9 Å². The maximum Gasteiger partial charge on any atom is 0.439 e. The molecule has 1 unspecified atom stereocenters. The van der Waals surface area contributed by atoms with Crippen LogP contribution >= 0.6 is 22.9 Å². The van der Waals surface area contributed by atoms with Crippen LogP contribution in [0.1, 0.15) is 69.1 Å². The number of aryl methyl sites for hydroxylation is 1. The van der Waals surface area contributed by atoms with Crippen LogP contribution in [0.2, 0.25) is 5.15 Å². The molecular formula is C34H35ClFN5O6S. The zero-order valence-corrected chi connectivity index (χ0v) is 28.5. The predicted octanol–water partition coefficient (Wildman–Crippen LogP) is 6.71. The highest BCUT2D eigenvalue weighted by atomic mass is 35.5. The van der Waals surface area contributed by atoms with E-state index in [0.29, 0.717) is 59.2 Å². The summed E-state index contributed by atoms with van der Waals surface area (Å²) in [6.07, 6.45) is 3.19. The molecule has 3 aromatic heterocycles. The van der Waals surface area contributed by atoms with E-state index in [2.05, 4.69) is 20.4 Å². The minimum atomic E-state index is -0.821. The van der Waals surface area contributed by atoms with Crippen molar-refractivity contribution >= 4 is 50.7 Å². The largest absolute Gasteiger partial charge is 0.463 e. The number of benzene rings is 1. The number of allylic oxidation sites excluding steroid dienone is 2. The molecular weight excluding hydrogens is 661 g/mol. The molecule has 0 aliphatic carbocycles. The molecule has 0 saturated carbocycles. The van der Waals surface area contributed by atoms with E-state index in [-0.39, 0.29) is 23.8 Å². The fraction of sp³-hybridized carbons (Fsp3) is 0.382. The van der Waals surface area contributed by atoms with E-state index in [9.17, 15) is 18.8 Å². The fourth-order valence-corrected chi connectivity index (χ4v) is 7.64. The molecule has 2 N–H and O–H groups in total. The first-order valence-electron chi connectivity index (χ1n) is 15.7. The van der Waals surface area contributed by atoms with Gasteiger partial charge in [0.2, 0.25) is 0 Å². The molecule has 2 atom stereocenters. The Hall–Kier alpha value is -4.49. The number of aromatic nitrogens is 3. The first-order valence-corrected chi connectivity index (χ1v) is 16.9. The summed E-state index contributed by atoms with van der Waals surface area (Å²) < 4.78 is 30.9. The van der Waals surface area contributed by atoms with Gasteiger partial charge in [-0.2, -0.15) is 0 Å². The van der Waals surface area contributed by atoms with Crippen LogP contribution in [0.5, 0.6) is 0 Å². The number of pyridine rings is 1. The van der Waals surface area contributed by atoms with Gasteiger partial charge in [-0.05, 0) is 88.6 Å². The van der Waals surface area contributed by atoms with Gasteiger partial charge < -0.3 is 14.8 Å². The van der Waals surface area contributed by atoms with E-state index < -0.39 is 35.4 Å². The van der Waals surface area contributed by atoms with Gasteiger partial charge in [-0.25, -0.2) is 23.8 Å². The Bertz CT molecular complexity index is 1980. The van der Waals surface area contributed by atoms with Crippen molar-refractivity contribution < 1.29 is 28.0 Å². The van der Waals surface area contributed by atoms with Gasteiger partial charge in [-0.15, -0.1) is 11.3 Å². The number of H-pyrrole nitrogens is 1. The topological polar surface area (TPSA) is 140 Å². The molecule has 1 aromatic carbocycles. The number of rotatable bonds is 8. The van der Waals surface area contributed by atoms with Gasteiger partial charge in [0.1, 0.15) is 16.6 Å². The number of carbonyl (C=O) groups is 2. The summed E-state index contributed by atoms with van der Waals surface area (Å²) in [6.45, 7) is 7.65. The number of halogens is 2. The summed E-state index contributed by atoms with van der Waals surface area (Å²) >= 11 is 7.88. The number of carbonyl (C=O) groups excluding carboxylic acids is 2. The average molecular weight is 696 g/mol. The number of amides is 1. The lowest BCUT2D eigenvalue weighted by molar-refractivity contribution is -0.138. The Morgan fingerprint density at radius 2 is 1.96 bits per heavy atom. The maximum atomic E-state index is 14.2. The first-order chi connectivity index (χ1) is 22.9. The van der Waals surface area contributed by atoms with Gasteiger partial charge in [0, 0.05) is 34.6 Å². The van der Waals surface area contributed by atoms with E-state index >= 15 is 0 Å². The second-order valence-electron chi connectivity index (χ2n) is 12.6. The van der Waals surface area contributed by atoms with Crippen molar-refractivity contribution in [2.24, 2.45) is 0 Å². The van der Waals surface area contributed by atoms with Crippen LogP contribution < -0.4 is 11.1 Å². The second-order valence-corrected chi connectivity index (χ2v) is 14.0. The van der Waals surface area contributed by atoms with E-state index in [1.54, 1.807) is 50.9 Å². The van der Waals surface area contributed by atoms with E-state index in [4.69, 9.17) is 25.6 Å². The molecule has 11 nitrogen and oxygen atoms in total. The molecule has 4 aromatic rings. The molecule has 0 bridgehead atoms. The van der Waals surface area contributed by atoms with Gasteiger partial charge in [-0.1, -0.05) is 28.9 Å². The predicted molar refractivity (Wildman–Crippen MR) is 179 cm³/mol. The lowest BCUT2D eigenvalue weighted by Gasteiger charge is -2.37. The van der Waals surface area contributed by atoms with Crippen LogP contribution in [-0.2, 0) is 20.7 Å². The fourth-order valence-electron chi connectivity index (χ4n) is 6.20. The normalized spacial score (nSPS) is 18.4. The van der Waals surface area contributed by atoms with Gasteiger partial charge in [0.15, 0.2) is 5.82 Å². The van der Waals surface area contributed by atoms with Gasteiger partial charge in [0.05, 0.1) is 28.8 Å². The third-order valence-electron chi connectivity index (χ3n) is 8.15. The third-order valence-corrected chi connectivity index (χ3v) is 9.77. The number of hydrogen-bond donors (Lipinski definition) is 2. The molecule has 14 heteroatoms. The molecule has 6 rings (SSSR count). The average Bonchev–Trinajstić information content (AvgIpc) is 3.79. The minimum absolute atomic E-state index is 0.0994. The van der Waals surface area contributed by atoms with Crippen molar-refractivity contribution in [2.75, 3.05) is 13.2 Å². The summed E-state index contributed by atoms with van der Waals surface area (Å²) in [5.41, 5.74) is 2.01. The molecule has 252 valence electrons. The van der Waals surface area contributed by atoms with Crippen molar-refractivity contribution in [3.63, 3.8) is 0 Å². The van der Waals surface area contributed by atoms with E-state index in [1.165, 1.54) is 23.5 Å². The number of thiophene rings is 1. The Morgan fingerprint density at radius 3 is 2.62 bits per heavy atom. The lowest BCUT2D eigenvalue weighted by Crippen LogP contribution is -2.45. The summed E-state index contributed by atoms with van der Waals surface area (Å²) in [5, 5.41) is 8.70. The number of fused-ring (bicyclic) bond motifs is 1. The zero-order chi connectivity index (χ0) is 34.2. The van der Waals surface area contributed by atoms with Crippen molar-refractivity contribution in [3.05, 3.63) is 97.3 Å². The number of esters is 1. The van der Waals surface area contributed by atoms with E-state index in [1.807, 2.05) is 12.1 Å². The van der Waals surface area contributed by atoms with E-state index in [0.717, 1.165) is 15.6 Å². The van der Waals surface area contributed by atoms with Crippen LogP contribution in [0, 0.1) is 5.82 Å². The molecule has 0 radical (unpaired) electrons. The monoisotopic (exact) mass is 695 g/mol. The second kappa shape index (κ2) is 13.6. The van der Waals surface area contributed by atoms with Gasteiger partial charge in [-0.3, -0.25) is 14.4 Å². The number of hydrogen-bond acceptors (Lipinski definition) is 10. The van der Waals surface area contributed by atoms with Crippen molar-refractivity contribution in [2.45, 2.75) is 70.9 Å². The van der Waals surface area contributed by atoms with Crippen LogP contribution in [0.3, 0.4) is 0 Å². The number of aromatic amines is 1. The number of ether oxygens (including phenoxy) is 2. The number of nitrogens with one attached hydrogen (secondary N) is 2. The van der Waals surface area contributed by atoms with Crippen molar-refractivity contribution in [3.8, 4) is 0 Å². The molecule has 0 spiro atoms. The molecule has 2 aliphatic rings. The minimum Gasteiger partial charge on any atom is -0.463 e. The van der Waals surface area contributed by atoms with Gasteiger partial charge >= 0.3 is 17.8 Å². The smallest absolute Gasteiger partial charge is 0.439 e. The Labute approximate surface area is 284 Å². The number of dihydropyridines is 1. The summed E-state index contributed by atoms with van der Waals surface area (Å²) in [6, 6.07) is 9.40. The van der Waals surface area contributed by atoms with Crippen LogP contribution in [0.25, 0.3) is 15.7 Å². The third kappa shape index (κ3) is 6.88. The molecule has 1 amide bonds. The summed E-state index contributed by atoms with van der Waals surface area (Å²) in [4.78, 5) is 49.3.